The minimum absolute atomic E-state index is 0.133. The van der Waals surface area contributed by atoms with Crippen LogP contribution in [0.3, 0.4) is 0 Å². The summed E-state index contributed by atoms with van der Waals surface area (Å²) in [6, 6.07) is 1.57. The van der Waals surface area contributed by atoms with Gasteiger partial charge in [0.1, 0.15) is 11.2 Å². The van der Waals surface area contributed by atoms with Crippen molar-refractivity contribution in [1.29, 1.82) is 0 Å². The molecule has 1 aliphatic rings. The molecule has 9 nitrogen and oxygen atoms in total. The highest BCUT2D eigenvalue weighted by atomic mass is 16.2. The van der Waals surface area contributed by atoms with E-state index >= 15 is 0 Å². The summed E-state index contributed by atoms with van der Waals surface area (Å²) in [5.74, 6) is -0.178. The molecule has 1 fully saturated rings. The molecule has 0 radical (unpaired) electrons. The van der Waals surface area contributed by atoms with Crippen LogP contribution < -0.4 is 16.2 Å². The van der Waals surface area contributed by atoms with Gasteiger partial charge in [-0.05, 0) is 25.9 Å². The summed E-state index contributed by atoms with van der Waals surface area (Å²) >= 11 is 0. The van der Waals surface area contributed by atoms with Crippen LogP contribution in [-0.2, 0) is 4.79 Å². The van der Waals surface area contributed by atoms with Crippen molar-refractivity contribution in [3.8, 4) is 0 Å². The lowest BCUT2D eigenvalue weighted by atomic mass is 9.94. The number of aromatic amines is 1. The molecule has 0 spiro atoms. The van der Waals surface area contributed by atoms with E-state index in [1.165, 1.54) is 11.1 Å². The Labute approximate surface area is 150 Å². The van der Waals surface area contributed by atoms with Gasteiger partial charge in [-0.3, -0.25) is 14.4 Å². The molecule has 0 bridgehead atoms. The van der Waals surface area contributed by atoms with Crippen molar-refractivity contribution in [2.24, 2.45) is 0 Å². The number of amides is 2. The number of piperidine rings is 1. The second kappa shape index (κ2) is 7.69. The van der Waals surface area contributed by atoms with Crippen molar-refractivity contribution in [3.05, 3.63) is 33.9 Å². The highest BCUT2D eigenvalue weighted by Gasteiger charge is 2.23. The number of nitrogens with zero attached hydrogens (tertiary/aromatic N) is 3. The summed E-state index contributed by atoms with van der Waals surface area (Å²) < 4.78 is 1.66. The Balaban J connectivity index is 1.90. The van der Waals surface area contributed by atoms with Crippen LogP contribution in [0.25, 0.3) is 5.65 Å². The lowest BCUT2D eigenvalue weighted by molar-refractivity contribution is -0.120. The lowest BCUT2D eigenvalue weighted by Crippen LogP contribution is -2.31. The standard InChI is InChI=1S/C17H24N6O3/c1-18-14(24)5-8-22(2)17(26)12-10-20-23-13(9-15(25)21-16(12)23)11-3-6-19-7-4-11/h9-11,19H,3-8H2,1-2H3,(H,18,24)(H,21,25). The van der Waals surface area contributed by atoms with Crippen molar-refractivity contribution < 1.29 is 9.59 Å². The largest absolute Gasteiger partial charge is 0.359 e. The number of H-pyrrole nitrogens is 1. The molecule has 1 saturated heterocycles. The Kier molecular flexibility index (Phi) is 5.36. The maximum absolute atomic E-state index is 12.7. The zero-order chi connectivity index (χ0) is 18.7. The van der Waals surface area contributed by atoms with Crippen molar-refractivity contribution in [3.63, 3.8) is 0 Å². The smallest absolute Gasteiger partial charge is 0.259 e. The summed E-state index contributed by atoms with van der Waals surface area (Å²) in [5.41, 5.74) is 1.33. The molecular weight excluding hydrogens is 336 g/mol. The molecule has 3 rings (SSSR count). The SMILES string of the molecule is CNC(=O)CCN(C)C(=O)c1cnn2c(C3CCNCC3)cc(=O)[nH]c12. The van der Waals surface area contributed by atoms with Crippen LogP contribution in [0.15, 0.2) is 17.1 Å². The molecule has 3 heterocycles. The average molecular weight is 360 g/mol. The number of carbonyl (C=O) groups is 2. The van der Waals surface area contributed by atoms with Gasteiger partial charge in [-0.2, -0.15) is 5.10 Å². The molecule has 0 aromatic carbocycles. The summed E-state index contributed by atoms with van der Waals surface area (Å²) in [6.45, 7) is 2.08. The third-order valence-electron chi connectivity index (χ3n) is 4.82. The van der Waals surface area contributed by atoms with Crippen LogP contribution >= 0.6 is 0 Å². The molecule has 2 amide bonds. The molecule has 0 atom stereocenters. The van der Waals surface area contributed by atoms with Gasteiger partial charge in [0.15, 0.2) is 0 Å². The van der Waals surface area contributed by atoms with Gasteiger partial charge in [-0.1, -0.05) is 0 Å². The second-order valence-electron chi connectivity index (χ2n) is 6.55. The number of hydrogen-bond donors (Lipinski definition) is 3. The fraction of sp³-hybridized carbons (Fsp3) is 0.529. The van der Waals surface area contributed by atoms with E-state index in [0.717, 1.165) is 31.6 Å². The molecule has 1 aliphatic heterocycles. The van der Waals surface area contributed by atoms with E-state index in [1.54, 1.807) is 24.7 Å². The highest BCUT2D eigenvalue weighted by molar-refractivity contribution is 5.99. The lowest BCUT2D eigenvalue weighted by Gasteiger charge is -2.23. The Morgan fingerprint density at radius 2 is 2.12 bits per heavy atom. The Bertz CT molecular complexity index is 865. The number of carbonyl (C=O) groups excluding carboxylic acids is 2. The first kappa shape index (κ1) is 18.1. The van der Waals surface area contributed by atoms with Gasteiger partial charge in [0, 0.05) is 39.0 Å². The molecule has 2 aromatic rings. The molecule has 140 valence electrons. The molecule has 0 saturated carbocycles. The van der Waals surface area contributed by atoms with Gasteiger partial charge in [0.2, 0.25) is 5.91 Å². The summed E-state index contributed by atoms with van der Waals surface area (Å²) in [5, 5.41) is 10.2. The van der Waals surface area contributed by atoms with Gasteiger partial charge >= 0.3 is 0 Å². The molecule has 0 aliphatic carbocycles. The first-order valence-electron chi connectivity index (χ1n) is 8.79. The maximum atomic E-state index is 12.7. The predicted molar refractivity (Wildman–Crippen MR) is 96.3 cm³/mol. The topological polar surface area (TPSA) is 112 Å². The number of fused-ring (bicyclic) bond motifs is 1. The van der Waals surface area contributed by atoms with E-state index in [-0.39, 0.29) is 36.3 Å². The molecule has 26 heavy (non-hydrogen) atoms. The quantitative estimate of drug-likeness (QED) is 0.678. The van der Waals surface area contributed by atoms with Gasteiger partial charge in [-0.15, -0.1) is 0 Å². The van der Waals surface area contributed by atoms with E-state index in [4.69, 9.17) is 0 Å². The second-order valence-corrected chi connectivity index (χ2v) is 6.55. The first-order valence-corrected chi connectivity index (χ1v) is 8.79. The van der Waals surface area contributed by atoms with Crippen molar-refractivity contribution in [2.75, 3.05) is 33.7 Å². The van der Waals surface area contributed by atoms with Gasteiger partial charge in [0.25, 0.3) is 11.5 Å². The van der Waals surface area contributed by atoms with E-state index < -0.39 is 0 Å². The minimum Gasteiger partial charge on any atom is -0.359 e. The molecule has 9 heteroatoms. The predicted octanol–water partition coefficient (Wildman–Crippen LogP) is -0.302. The normalized spacial score (nSPS) is 15.2. The van der Waals surface area contributed by atoms with E-state index in [2.05, 4.69) is 20.7 Å². The van der Waals surface area contributed by atoms with Crippen LogP contribution in [0.4, 0.5) is 0 Å². The summed E-state index contributed by atoms with van der Waals surface area (Å²) in [7, 11) is 3.19. The maximum Gasteiger partial charge on any atom is 0.259 e. The Hall–Kier alpha value is -2.68. The molecule has 0 unspecified atom stereocenters. The zero-order valence-corrected chi connectivity index (χ0v) is 15.0. The number of aromatic nitrogens is 3. The van der Waals surface area contributed by atoms with Crippen LogP contribution in [0, 0.1) is 0 Å². The Morgan fingerprint density at radius 1 is 1.38 bits per heavy atom. The molecule has 2 aromatic heterocycles. The zero-order valence-electron chi connectivity index (χ0n) is 15.0. The van der Waals surface area contributed by atoms with Crippen LogP contribution in [-0.4, -0.2) is 65.0 Å². The van der Waals surface area contributed by atoms with Crippen LogP contribution in [0.1, 0.15) is 41.2 Å². The fourth-order valence-electron chi connectivity index (χ4n) is 3.28. The van der Waals surface area contributed by atoms with E-state index in [0.29, 0.717) is 11.2 Å². The monoisotopic (exact) mass is 360 g/mol. The summed E-state index contributed by atoms with van der Waals surface area (Å²) in [4.78, 5) is 40.5. The van der Waals surface area contributed by atoms with Crippen molar-refractivity contribution in [1.82, 2.24) is 30.1 Å². The first-order chi connectivity index (χ1) is 12.5. The van der Waals surface area contributed by atoms with Crippen molar-refractivity contribution >= 4 is 17.5 Å². The van der Waals surface area contributed by atoms with Crippen LogP contribution in [0.2, 0.25) is 0 Å². The van der Waals surface area contributed by atoms with Crippen molar-refractivity contribution in [2.45, 2.75) is 25.2 Å². The fourth-order valence-corrected chi connectivity index (χ4v) is 3.28. The number of nitrogens with one attached hydrogen (secondary N) is 3. The Morgan fingerprint density at radius 3 is 2.81 bits per heavy atom. The number of hydrogen-bond acceptors (Lipinski definition) is 5. The summed E-state index contributed by atoms with van der Waals surface area (Å²) in [6.07, 6.45) is 3.55. The minimum atomic E-state index is -0.276. The molecular formula is C17H24N6O3. The van der Waals surface area contributed by atoms with Crippen LogP contribution in [0.5, 0.6) is 0 Å². The van der Waals surface area contributed by atoms with Gasteiger partial charge in [0.05, 0.1) is 11.9 Å². The highest BCUT2D eigenvalue weighted by Crippen LogP contribution is 2.25. The average Bonchev–Trinajstić information content (AvgIpc) is 3.08. The van der Waals surface area contributed by atoms with Gasteiger partial charge < -0.3 is 20.5 Å². The van der Waals surface area contributed by atoms with Gasteiger partial charge in [-0.25, -0.2) is 4.52 Å². The number of rotatable bonds is 5. The molecule has 3 N–H and O–H groups in total. The third-order valence-corrected chi connectivity index (χ3v) is 4.82. The van der Waals surface area contributed by atoms with E-state index in [9.17, 15) is 14.4 Å². The third kappa shape index (κ3) is 3.62. The van der Waals surface area contributed by atoms with E-state index in [1.807, 2.05) is 0 Å².